The maximum Gasteiger partial charge on any atom is 0.0962 e. The SMILES string of the molecule is CCc1ccc(N(CC[N+]2(C)CCCCC2)C2CCCCC2)cc1. The maximum atomic E-state index is 2.76. The van der Waals surface area contributed by atoms with Crippen molar-refractivity contribution in [3.63, 3.8) is 0 Å². The highest BCUT2D eigenvalue weighted by Crippen LogP contribution is 2.28. The molecule has 0 bridgehead atoms. The molecule has 0 unspecified atom stereocenters. The van der Waals surface area contributed by atoms with Gasteiger partial charge < -0.3 is 9.38 Å². The van der Waals surface area contributed by atoms with E-state index in [9.17, 15) is 0 Å². The summed E-state index contributed by atoms with van der Waals surface area (Å²) in [6.45, 7) is 7.55. The third-order valence-corrected chi connectivity index (χ3v) is 6.47. The lowest BCUT2D eigenvalue weighted by Gasteiger charge is -2.42. The molecule has 0 atom stereocenters. The summed E-state index contributed by atoms with van der Waals surface area (Å²) in [5.41, 5.74) is 2.92. The van der Waals surface area contributed by atoms with Crippen LogP contribution in [0.4, 0.5) is 5.69 Å². The molecule has 1 saturated heterocycles. The van der Waals surface area contributed by atoms with Gasteiger partial charge in [-0.2, -0.15) is 0 Å². The lowest BCUT2D eigenvalue weighted by Crippen LogP contribution is -2.53. The Labute approximate surface area is 149 Å². The minimum absolute atomic E-state index is 0.766. The molecule has 0 radical (unpaired) electrons. The fourth-order valence-electron chi connectivity index (χ4n) is 4.69. The van der Waals surface area contributed by atoms with Crippen molar-refractivity contribution in [3.8, 4) is 0 Å². The van der Waals surface area contributed by atoms with Crippen LogP contribution in [0, 0.1) is 0 Å². The second-order valence-corrected chi connectivity index (χ2v) is 8.36. The lowest BCUT2D eigenvalue weighted by molar-refractivity contribution is -0.912. The fourth-order valence-corrected chi connectivity index (χ4v) is 4.69. The first kappa shape index (κ1) is 17.8. The van der Waals surface area contributed by atoms with E-state index in [2.05, 4.69) is 43.1 Å². The zero-order chi connectivity index (χ0) is 16.8. The van der Waals surface area contributed by atoms with E-state index >= 15 is 0 Å². The van der Waals surface area contributed by atoms with Gasteiger partial charge in [0, 0.05) is 11.7 Å². The molecule has 1 aliphatic carbocycles. The van der Waals surface area contributed by atoms with E-state index in [1.165, 1.54) is 93.3 Å². The van der Waals surface area contributed by atoms with E-state index in [0.29, 0.717) is 0 Å². The predicted molar refractivity (Wildman–Crippen MR) is 105 cm³/mol. The van der Waals surface area contributed by atoms with Gasteiger partial charge in [-0.05, 0) is 56.2 Å². The third kappa shape index (κ3) is 4.53. The summed E-state index contributed by atoms with van der Waals surface area (Å²) < 4.78 is 1.29. The molecule has 1 aliphatic heterocycles. The molecule has 1 aromatic carbocycles. The highest BCUT2D eigenvalue weighted by Gasteiger charge is 2.28. The van der Waals surface area contributed by atoms with Crippen molar-refractivity contribution in [2.75, 3.05) is 38.1 Å². The highest BCUT2D eigenvalue weighted by molar-refractivity contribution is 5.48. The van der Waals surface area contributed by atoms with Crippen molar-refractivity contribution in [3.05, 3.63) is 29.8 Å². The Morgan fingerprint density at radius 2 is 1.54 bits per heavy atom. The molecule has 134 valence electrons. The van der Waals surface area contributed by atoms with Crippen molar-refractivity contribution in [2.45, 2.75) is 70.8 Å². The normalized spacial score (nSPS) is 21.6. The number of hydrogen-bond donors (Lipinski definition) is 0. The quantitative estimate of drug-likeness (QED) is 0.663. The average molecular weight is 330 g/mol. The van der Waals surface area contributed by atoms with Gasteiger partial charge in [0.1, 0.15) is 0 Å². The van der Waals surface area contributed by atoms with E-state index in [0.717, 1.165) is 12.5 Å². The third-order valence-electron chi connectivity index (χ3n) is 6.47. The number of likely N-dealkylation sites (N-methyl/N-ethyl adjacent to an activating group) is 1. The van der Waals surface area contributed by atoms with E-state index in [4.69, 9.17) is 0 Å². The summed E-state index contributed by atoms with van der Waals surface area (Å²) in [4.78, 5) is 2.76. The van der Waals surface area contributed by atoms with E-state index < -0.39 is 0 Å². The molecule has 3 rings (SSSR count). The van der Waals surface area contributed by atoms with Crippen LogP contribution in [0.5, 0.6) is 0 Å². The van der Waals surface area contributed by atoms with Crippen LogP contribution < -0.4 is 4.90 Å². The van der Waals surface area contributed by atoms with Crippen LogP contribution >= 0.6 is 0 Å². The molecular formula is C22H37N2+. The van der Waals surface area contributed by atoms with Crippen LogP contribution in [0.2, 0.25) is 0 Å². The molecule has 1 heterocycles. The molecule has 2 heteroatoms. The van der Waals surface area contributed by atoms with Crippen LogP contribution in [-0.2, 0) is 6.42 Å². The summed E-state index contributed by atoms with van der Waals surface area (Å²) in [7, 11) is 2.48. The molecule has 1 aromatic rings. The molecule has 2 aliphatic rings. The molecule has 0 aromatic heterocycles. The molecule has 0 N–H and O–H groups in total. The Morgan fingerprint density at radius 3 is 2.17 bits per heavy atom. The van der Waals surface area contributed by atoms with Crippen molar-refractivity contribution in [1.82, 2.24) is 0 Å². The second kappa shape index (κ2) is 8.38. The van der Waals surface area contributed by atoms with Crippen LogP contribution in [0.3, 0.4) is 0 Å². The first-order valence-electron chi connectivity index (χ1n) is 10.4. The summed E-state index contributed by atoms with van der Waals surface area (Å²) in [6.07, 6.45) is 12.5. The van der Waals surface area contributed by atoms with Gasteiger partial charge in [0.2, 0.25) is 0 Å². The number of likely N-dealkylation sites (tertiary alicyclic amines) is 1. The smallest absolute Gasteiger partial charge is 0.0962 e. The topological polar surface area (TPSA) is 3.24 Å². The number of aryl methyl sites for hydroxylation is 1. The summed E-state index contributed by atoms with van der Waals surface area (Å²) in [5, 5.41) is 0. The number of quaternary nitrogens is 1. The van der Waals surface area contributed by atoms with Gasteiger partial charge in [0.05, 0.1) is 33.2 Å². The van der Waals surface area contributed by atoms with Crippen LogP contribution in [0.25, 0.3) is 0 Å². The number of benzene rings is 1. The van der Waals surface area contributed by atoms with Crippen LogP contribution in [0.1, 0.15) is 63.9 Å². The Hall–Kier alpha value is -1.02. The number of nitrogens with zero attached hydrogens (tertiary/aromatic N) is 2. The fraction of sp³-hybridized carbons (Fsp3) is 0.727. The zero-order valence-corrected chi connectivity index (χ0v) is 16.0. The molecule has 2 fully saturated rings. The minimum Gasteiger partial charge on any atom is -0.363 e. The summed E-state index contributed by atoms with van der Waals surface area (Å²) in [5.74, 6) is 0. The van der Waals surface area contributed by atoms with E-state index in [1.54, 1.807) is 0 Å². The van der Waals surface area contributed by atoms with Crippen LogP contribution in [0.15, 0.2) is 24.3 Å². The molecule has 24 heavy (non-hydrogen) atoms. The Morgan fingerprint density at radius 1 is 0.917 bits per heavy atom. The van der Waals surface area contributed by atoms with Gasteiger partial charge in [-0.25, -0.2) is 0 Å². The Balaban J connectivity index is 1.70. The van der Waals surface area contributed by atoms with Crippen molar-refractivity contribution in [2.24, 2.45) is 0 Å². The number of piperidine rings is 1. The lowest BCUT2D eigenvalue weighted by atomic mass is 9.93. The molecule has 0 amide bonds. The first-order chi connectivity index (χ1) is 11.7. The van der Waals surface area contributed by atoms with Gasteiger partial charge in [-0.15, -0.1) is 0 Å². The summed E-state index contributed by atoms with van der Waals surface area (Å²) in [6, 6.07) is 10.2. The molecular weight excluding hydrogens is 292 g/mol. The monoisotopic (exact) mass is 329 g/mol. The van der Waals surface area contributed by atoms with Gasteiger partial charge >= 0.3 is 0 Å². The van der Waals surface area contributed by atoms with Gasteiger partial charge in [0.25, 0.3) is 0 Å². The Bertz CT molecular complexity index is 481. The highest BCUT2D eigenvalue weighted by atomic mass is 15.3. The zero-order valence-electron chi connectivity index (χ0n) is 16.0. The average Bonchev–Trinajstić information content (AvgIpc) is 2.64. The van der Waals surface area contributed by atoms with Crippen LogP contribution in [-0.4, -0.2) is 43.8 Å². The maximum absolute atomic E-state index is 2.76. The first-order valence-corrected chi connectivity index (χ1v) is 10.4. The largest absolute Gasteiger partial charge is 0.363 e. The minimum atomic E-state index is 0.766. The van der Waals surface area contributed by atoms with Gasteiger partial charge in [-0.3, -0.25) is 0 Å². The summed E-state index contributed by atoms with van der Waals surface area (Å²) >= 11 is 0. The number of rotatable bonds is 6. The van der Waals surface area contributed by atoms with Crippen molar-refractivity contribution >= 4 is 5.69 Å². The standard InChI is InChI=1S/C22H37N2/c1-3-20-12-14-22(15-13-20)23(21-10-6-4-7-11-21)16-19-24(2)17-8-5-9-18-24/h12-15,21H,3-11,16-19H2,1-2H3/q+1. The van der Waals surface area contributed by atoms with Gasteiger partial charge in [0.15, 0.2) is 0 Å². The molecule has 0 spiro atoms. The number of hydrogen-bond acceptors (Lipinski definition) is 1. The van der Waals surface area contributed by atoms with E-state index in [1.807, 2.05) is 0 Å². The van der Waals surface area contributed by atoms with Crippen molar-refractivity contribution < 1.29 is 4.48 Å². The van der Waals surface area contributed by atoms with Crippen molar-refractivity contribution in [1.29, 1.82) is 0 Å². The number of anilines is 1. The Kier molecular flexibility index (Phi) is 6.21. The molecule has 1 saturated carbocycles. The molecule has 2 nitrogen and oxygen atoms in total. The van der Waals surface area contributed by atoms with Gasteiger partial charge in [-0.1, -0.05) is 38.3 Å². The van der Waals surface area contributed by atoms with E-state index in [-0.39, 0.29) is 0 Å². The second-order valence-electron chi connectivity index (χ2n) is 8.36. The predicted octanol–water partition coefficient (Wildman–Crippen LogP) is 5.02.